The van der Waals surface area contributed by atoms with Gasteiger partial charge in [-0.1, -0.05) is 44.9 Å². The van der Waals surface area contributed by atoms with Crippen LogP contribution in [0.15, 0.2) is 24.3 Å². The maximum absolute atomic E-state index is 6.25. The monoisotopic (exact) mass is 246 g/mol. The molecule has 2 rings (SSSR count). The van der Waals surface area contributed by atoms with Crippen LogP contribution in [0.25, 0.3) is 0 Å². The van der Waals surface area contributed by atoms with E-state index >= 15 is 0 Å². The molecular formula is C17H26O. The SMILES string of the molecule is Cc1ccc(OC2CC(C)CCC2C(C)C)cc1. The smallest absolute Gasteiger partial charge is 0.119 e. The van der Waals surface area contributed by atoms with E-state index in [0.29, 0.717) is 17.9 Å². The van der Waals surface area contributed by atoms with Crippen molar-refractivity contribution in [2.75, 3.05) is 0 Å². The first kappa shape index (κ1) is 13.5. The highest BCUT2D eigenvalue weighted by Gasteiger charge is 2.32. The van der Waals surface area contributed by atoms with Gasteiger partial charge in [0.05, 0.1) is 0 Å². The van der Waals surface area contributed by atoms with Crippen LogP contribution in [0.1, 0.15) is 45.6 Å². The van der Waals surface area contributed by atoms with Crippen LogP contribution in [-0.2, 0) is 0 Å². The third kappa shape index (κ3) is 3.28. The lowest BCUT2D eigenvalue weighted by Crippen LogP contribution is -2.36. The van der Waals surface area contributed by atoms with E-state index in [1.165, 1.54) is 24.8 Å². The molecule has 1 aliphatic rings. The van der Waals surface area contributed by atoms with Crippen molar-refractivity contribution in [3.8, 4) is 5.75 Å². The molecule has 1 fully saturated rings. The molecule has 0 bridgehead atoms. The first-order chi connectivity index (χ1) is 8.56. The molecular weight excluding hydrogens is 220 g/mol. The minimum Gasteiger partial charge on any atom is -0.490 e. The molecule has 0 N–H and O–H groups in total. The van der Waals surface area contributed by atoms with Crippen LogP contribution < -0.4 is 4.74 Å². The molecule has 1 saturated carbocycles. The van der Waals surface area contributed by atoms with Crippen molar-refractivity contribution in [2.45, 2.75) is 53.1 Å². The lowest BCUT2D eigenvalue weighted by molar-refractivity contribution is 0.0460. The number of ether oxygens (including phenoxy) is 1. The molecule has 1 heteroatoms. The Labute approximate surface area is 112 Å². The second-order valence-corrected chi connectivity index (χ2v) is 6.30. The van der Waals surface area contributed by atoms with E-state index in [1.54, 1.807) is 0 Å². The fourth-order valence-corrected chi connectivity index (χ4v) is 3.04. The zero-order valence-corrected chi connectivity index (χ0v) is 12.1. The van der Waals surface area contributed by atoms with E-state index in [0.717, 1.165) is 11.7 Å². The van der Waals surface area contributed by atoms with Gasteiger partial charge in [-0.2, -0.15) is 0 Å². The van der Waals surface area contributed by atoms with Gasteiger partial charge in [-0.15, -0.1) is 0 Å². The maximum atomic E-state index is 6.25. The maximum Gasteiger partial charge on any atom is 0.119 e. The summed E-state index contributed by atoms with van der Waals surface area (Å²) >= 11 is 0. The molecule has 1 aliphatic carbocycles. The van der Waals surface area contributed by atoms with E-state index in [9.17, 15) is 0 Å². The number of benzene rings is 1. The molecule has 0 heterocycles. The average molecular weight is 246 g/mol. The van der Waals surface area contributed by atoms with E-state index in [4.69, 9.17) is 4.74 Å². The van der Waals surface area contributed by atoms with Gasteiger partial charge in [-0.05, 0) is 49.7 Å². The van der Waals surface area contributed by atoms with Crippen molar-refractivity contribution in [1.82, 2.24) is 0 Å². The lowest BCUT2D eigenvalue weighted by Gasteiger charge is -2.37. The van der Waals surface area contributed by atoms with Crippen LogP contribution in [0.2, 0.25) is 0 Å². The van der Waals surface area contributed by atoms with E-state index in [2.05, 4.69) is 52.0 Å². The number of hydrogen-bond donors (Lipinski definition) is 0. The highest BCUT2D eigenvalue weighted by molar-refractivity contribution is 5.26. The Bertz CT molecular complexity index is 366. The highest BCUT2D eigenvalue weighted by Crippen LogP contribution is 2.35. The lowest BCUT2D eigenvalue weighted by atomic mass is 9.75. The molecule has 18 heavy (non-hydrogen) atoms. The van der Waals surface area contributed by atoms with Gasteiger partial charge in [0.2, 0.25) is 0 Å². The molecule has 1 aromatic rings. The minimum absolute atomic E-state index is 0.399. The molecule has 0 radical (unpaired) electrons. The topological polar surface area (TPSA) is 9.23 Å². The van der Waals surface area contributed by atoms with Crippen LogP contribution in [0.3, 0.4) is 0 Å². The second-order valence-electron chi connectivity index (χ2n) is 6.30. The van der Waals surface area contributed by atoms with Crippen molar-refractivity contribution < 1.29 is 4.74 Å². The molecule has 1 nitrogen and oxygen atoms in total. The summed E-state index contributed by atoms with van der Waals surface area (Å²) in [5, 5.41) is 0. The molecule has 100 valence electrons. The van der Waals surface area contributed by atoms with Crippen molar-refractivity contribution in [3.63, 3.8) is 0 Å². The third-order valence-corrected chi connectivity index (χ3v) is 4.27. The Morgan fingerprint density at radius 1 is 1.11 bits per heavy atom. The molecule has 0 aliphatic heterocycles. The van der Waals surface area contributed by atoms with Crippen molar-refractivity contribution in [2.24, 2.45) is 17.8 Å². The summed E-state index contributed by atoms with van der Waals surface area (Å²) in [5.41, 5.74) is 1.29. The molecule has 0 spiro atoms. The van der Waals surface area contributed by atoms with E-state index in [1.807, 2.05) is 0 Å². The van der Waals surface area contributed by atoms with E-state index < -0.39 is 0 Å². The van der Waals surface area contributed by atoms with Gasteiger partial charge < -0.3 is 4.74 Å². The van der Waals surface area contributed by atoms with E-state index in [-0.39, 0.29) is 0 Å². The Balaban J connectivity index is 2.06. The van der Waals surface area contributed by atoms with Gasteiger partial charge in [-0.3, -0.25) is 0 Å². The second kappa shape index (κ2) is 5.77. The fraction of sp³-hybridized carbons (Fsp3) is 0.647. The van der Waals surface area contributed by atoms with Crippen LogP contribution >= 0.6 is 0 Å². The zero-order valence-electron chi connectivity index (χ0n) is 12.1. The first-order valence-electron chi connectivity index (χ1n) is 7.29. The fourth-order valence-electron chi connectivity index (χ4n) is 3.04. The predicted molar refractivity (Wildman–Crippen MR) is 76.9 cm³/mol. The molecule has 3 unspecified atom stereocenters. The normalized spacial score (nSPS) is 28.4. The highest BCUT2D eigenvalue weighted by atomic mass is 16.5. The summed E-state index contributed by atoms with van der Waals surface area (Å²) in [6, 6.07) is 8.47. The Morgan fingerprint density at radius 2 is 1.78 bits per heavy atom. The standard InChI is InChI=1S/C17H26O/c1-12(2)16-10-7-14(4)11-17(16)18-15-8-5-13(3)6-9-15/h5-6,8-9,12,14,16-17H,7,10-11H2,1-4H3. The first-order valence-corrected chi connectivity index (χ1v) is 7.29. The van der Waals surface area contributed by atoms with Gasteiger partial charge >= 0.3 is 0 Å². The molecule has 0 aromatic heterocycles. The predicted octanol–water partition coefficient (Wildman–Crippen LogP) is 4.83. The Kier molecular flexibility index (Phi) is 4.31. The van der Waals surface area contributed by atoms with Crippen molar-refractivity contribution >= 4 is 0 Å². The van der Waals surface area contributed by atoms with Crippen molar-refractivity contribution in [3.05, 3.63) is 29.8 Å². The molecule has 1 aromatic carbocycles. The van der Waals surface area contributed by atoms with Crippen LogP contribution in [0, 0.1) is 24.7 Å². The number of aryl methyl sites for hydroxylation is 1. The van der Waals surface area contributed by atoms with Gasteiger partial charge in [0.25, 0.3) is 0 Å². The summed E-state index contributed by atoms with van der Waals surface area (Å²) < 4.78 is 6.25. The molecule has 0 amide bonds. The quantitative estimate of drug-likeness (QED) is 0.742. The Hall–Kier alpha value is -0.980. The molecule has 0 saturated heterocycles. The van der Waals surface area contributed by atoms with Crippen LogP contribution in [0.5, 0.6) is 5.75 Å². The Morgan fingerprint density at radius 3 is 2.39 bits per heavy atom. The third-order valence-electron chi connectivity index (χ3n) is 4.27. The van der Waals surface area contributed by atoms with Gasteiger partial charge in [0.1, 0.15) is 11.9 Å². The summed E-state index contributed by atoms with van der Waals surface area (Å²) in [5.74, 6) is 3.26. The molecule has 3 atom stereocenters. The van der Waals surface area contributed by atoms with Crippen molar-refractivity contribution in [1.29, 1.82) is 0 Å². The largest absolute Gasteiger partial charge is 0.490 e. The number of hydrogen-bond acceptors (Lipinski definition) is 1. The summed E-state index contributed by atoms with van der Waals surface area (Å²) in [4.78, 5) is 0. The minimum atomic E-state index is 0.399. The average Bonchev–Trinajstić information content (AvgIpc) is 2.32. The summed E-state index contributed by atoms with van der Waals surface area (Å²) in [6.07, 6.45) is 4.28. The van der Waals surface area contributed by atoms with Gasteiger partial charge in [-0.25, -0.2) is 0 Å². The van der Waals surface area contributed by atoms with Crippen LogP contribution in [-0.4, -0.2) is 6.10 Å². The summed E-state index contributed by atoms with van der Waals surface area (Å²) in [7, 11) is 0. The zero-order chi connectivity index (χ0) is 13.1. The summed E-state index contributed by atoms with van der Waals surface area (Å²) in [6.45, 7) is 9.11. The van der Waals surface area contributed by atoms with Gasteiger partial charge in [0, 0.05) is 0 Å². The van der Waals surface area contributed by atoms with Gasteiger partial charge in [0.15, 0.2) is 0 Å². The van der Waals surface area contributed by atoms with Crippen LogP contribution in [0.4, 0.5) is 0 Å². The number of rotatable bonds is 3.